The third-order valence-electron chi connectivity index (χ3n) is 2.35. The zero-order valence-electron chi connectivity index (χ0n) is 10.1. The Morgan fingerprint density at radius 1 is 1.37 bits per heavy atom. The van der Waals surface area contributed by atoms with E-state index in [-0.39, 0.29) is 11.7 Å². The van der Waals surface area contributed by atoms with E-state index in [0.29, 0.717) is 27.4 Å². The summed E-state index contributed by atoms with van der Waals surface area (Å²) in [6.45, 7) is 1.78. The number of aryl methyl sites for hydroxylation is 1. The Hall–Kier alpha value is -1.95. The SMILES string of the molecule is Cc1cc(C(=N)N)cc(Oc2ccc(F)c(Br)c2)n1. The number of ether oxygens (including phenoxy) is 1. The van der Waals surface area contributed by atoms with Crippen LogP contribution in [-0.4, -0.2) is 10.8 Å². The van der Waals surface area contributed by atoms with E-state index in [1.807, 2.05) is 0 Å². The molecule has 0 saturated heterocycles. The number of benzene rings is 1. The molecule has 2 rings (SSSR count). The van der Waals surface area contributed by atoms with Gasteiger partial charge >= 0.3 is 0 Å². The van der Waals surface area contributed by atoms with Gasteiger partial charge in [-0.15, -0.1) is 0 Å². The Bertz CT molecular complexity index is 646. The van der Waals surface area contributed by atoms with E-state index in [9.17, 15) is 4.39 Å². The zero-order valence-corrected chi connectivity index (χ0v) is 11.7. The van der Waals surface area contributed by atoms with Gasteiger partial charge in [0.2, 0.25) is 5.88 Å². The molecule has 0 bridgehead atoms. The van der Waals surface area contributed by atoms with Gasteiger partial charge in [-0.3, -0.25) is 5.41 Å². The van der Waals surface area contributed by atoms with E-state index in [0.717, 1.165) is 0 Å². The predicted molar refractivity (Wildman–Crippen MR) is 74.2 cm³/mol. The Morgan fingerprint density at radius 2 is 2.11 bits per heavy atom. The van der Waals surface area contributed by atoms with Crippen molar-refractivity contribution in [2.24, 2.45) is 5.73 Å². The summed E-state index contributed by atoms with van der Waals surface area (Å²) in [5.41, 5.74) is 6.65. The summed E-state index contributed by atoms with van der Waals surface area (Å²) in [6.07, 6.45) is 0. The molecule has 1 heterocycles. The van der Waals surface area contributed by atoms with Crippen molar-refractivity contribution in [1.29, 1.82) is 5.41 Å². The van der Waals surface area contributed by atoms with Crippen molar-refractivity contribution in [2.75, 3.05) is 0 Å². The van der Waals surface area contributed by atoms with Crippen LogP contribution in [0.4, 0.5) is 4.39 Å². The highest BCUT2D eigenvalue weighted by Crippen LogP contribution is 2.26. The first kappa shape index (κ1) is 13.5. The second-order valence-electron chi connectivity index (χ2n) is 3.93. The summed E-state index contributed by atoms with van der Waals surface area (Å²) < 4.78 is 18.9. The molecule has 0 atom stereocenters. The van der Waals surface area contributed by atoms with Crippen molar-refractivity contribution in [1.82, 2.24) is 4.98 Å². The van der Waals surface area contributed by atoms with Gasteiger partial charge in [0.25, 0.3) is 0 Å². The molecule has 0 radical (unpaired) electrons. The van der Waals surface area contributed by atoms with Crippen LogP contribution in [0.15, 0.2) is 34.8 Å². The second-order valence-corrected chi connectivity index (χ2v) is 4.78. The minimum atomic E-state index is -0.367. The van der Waals surface area contributed by atoms with Crippen LogP contribution in [0.5, 0.6) is 11.6 Å². The molecule has 0 spiro atoms. The van der Waals surface area contributed by atoms with Crippen molar-refractivity contribution in [3.63, 3.8) is 0 Å². The van der Waals surface area contributed by atoms with Gasteiger partial charge in [-0.2, -0.15) is 0 Å². The topological polar surface area (TPSA) is 72.0 Å². The minimum Gasteiger partial charge on any atom is -0.439 e. The van der Waals surface area contributed by atoms with E-state index < -0.39 is 0 Å². The molecule has 0 saturated carbocycles. The summed E-state index contributed by atoms with van der Waals surface area (Å²) in [6, 6.07) is 7.55. The van der Waals surface area contributed by atoms with E-state index in [1.165, 1.54) is 18.2 Å². The van der Waals surface area contributed by atoms with E-state index in [4.69, 9.17) is 15.9 Å². The standard InChI is InChI=1S/C13H11BrFN3O/c1-7-4-8(13(16)17)5-12(18-7)19-9-2-3-11(15)10(14)6-9/h2-6H,1H3,(H3,16,17). The first-order valence-electron chi connectivity index (χ1n) is 5.41. The van der Waals surface area contributed by atoms with Crippen LogP contribution >= 0.6 is 15.9 Å². The number of amidine groups is 1. The van der Waals surface area contributed by atoms with Crippen LogP contribution in [0.1, 0.15) is 11.3 Å². The van der Waals surface area contributed by atoms with Gasteiger partial charge in [-0.1, -0.05) is 0 Å². The van der Waals surface area contributed by atoms with Gasteiger partial charge in [0.15, 0.2) is 0 Å². The molecule has 1 aromatic heterocycles. The fraction of sp³-hybridized carbons (Fsp3) is 0.0769. The third-order valence-corrected chi connectivity index (χ3v) is 2.96. The van der Waals surface area contributed by atoms with Gasteiger partial charge < -0.3 is 10.5 Å². The van der Waals surface area contributed by atoms with Crippen LogP contribution in [0, 0.1) is 18.2 Å². The van der Waals surface area contributed by atoms with Crippen molar-refractivity contribution >= 4 is 21.8 Å². The maximum absolute atomic E-state index is 13.1. The largest absolute Gasteiger partial charge is 0.439 e. The number of halogens is 2. The zero-order chi connectivity index (χ0) is 14.0. The highest BCUT2D eigenvalue weighted by molar-refractivity contribution is 9.10. The number of rotatable bonds is 3. The maximum Gasteiger partial charge on any atom is 0.220 e. The van der Waals surface area contributed by atoms with Crippen LogP contribution in [0.2, 0.25) is 0 Å². The minimum absolute atomic E-state index is 0.0596. The lowest BCUT2D eigenvalue weighted by Gasteiger charge is -2.08. The van der Waals surface area contributed by atoms with Crippen molar-refractivity contribution < 1.29 is 9.13 Å². The van der Waals surface area contributed by atoms with E-state index in [2.05, 4.69) is 20.9 Å². The molecule has 0 aliphatic rings. The number of nitrogens with two attached hydrogens (primary N) is 1. The molecule has 3 N–H and O–H groups in total. The van der Waals surface area contributed by atoms with Gasteiger partial charge in [0, 0.05) is 17.3 Å². The van der Waals surface area contributed by atoms with E-state index in [1.54, 1.807) is 19.1 Å². The molecule has 4 nitrogen and oxygen atoms in total. The number of nitrogens with zero attached hydrogens (tertiary/aromatic N) is 1. The van der Waals surface area contributed by atoms with Crippen molar-refractivity contribution in [2.45, 2.75) is 6.92 Å². The summed E-state index contributed by atoms with van der Waals surface area (Å²) in [7, 11) is 0. The molecule has 1 aromatic carbocycles. The quantitative estimate of drug-likeness (QED) is 0.672. The number of nitrogens with one attached hydrogen (secondary N) is 1. The van der Waals surface area contributed by atoms with Crippen LogP contribution in [-0.2, 0) is 0 Å². The Labute approximate surface area is 118 Å². The van der Waals surface area contributed by atoms with Crippen LogP contribution in [0.25, 0.3) is 0 Å². The molecule has 6 heteroatoms. The molecular formula is C13H11BrFN3O. The molecule has 0 aliphatic heterocycles. The molecule has 0 unspecified atom stereocenters. The fourth-order valence-corrected chi connectivity index (χ4v) is 1.86. The predicted octanol–water partition coefficient (Wildman–Crippen LogP) is 3.37. The van der Waals surface area contributed by atoms with Crippen molar-refractivity contribution in [3.05, 3.63) is 51.9 Å². The fourth-order valence-electron chi connectivity index (χ4n) is 1.51. The molecular weight excluding hydrogens is 313 g/mol. The van der Waals surface area contributed by atoms with Gasteiger partial charge in [0.05, 0.1) is 4.47 Å². The molecule has 0 fully saturated rings. The Kier molecular flexibility index (Phi) is 3.80. The lowest BCUT2D eigenvalue weighted by Crippen LogP contribution is -2.11. The number of hydrogen-bond donors (Lipinski definition) is 2. The Morgan fingerprint density at radius 3 is 2.74 bits per heavy atom. The van der Waals surface area contributed by atoms with Crippen LogP contribution in [0.3, 0.4) is 0 Å². The summed E-state index contributed by atoms with van der Waals surface area (Å²) in [4.78, 5) is 4.18. The summed E-state index contributed by atoms with van der Waals surface area (Å²) in [5, 5.41) is 7.41. The van der Waals surface area contributed by atoms with Gasteiger partial charge in [-0.05, 0) is 47.1 Å². The summed E-state index contributed by atoms with van der Waals surface area (Å²) in [5.74, 6) is 0.328. The average molecular weight is 324 g/mol. The molecule has 19 heavy (non-hydrogen) atoms. The summed E-state index contributed by atoms with van der Waals surface area (Å²) >= 11 is 3.08. The van der Waals surface area contributed by atoms with Gasteiger partial charge in [-0.25, -0.2) is 9.37 Å². The molecule has 0 amide bonds. The smallest absolute Gasteiger partial charge is 0.220 e. The lowest BCUT2D eigenvalue weighted by atomic mass is 10.2. The lowest BCUT2D eigenvalue weighted by molar-refractivity contribution is 0.459. The molecule has 98 valence electrons. The highest BCUT2D eigenvalue weighted by atomic mass is 79.9. The maximum atomic E-state index is 13.1. The third kappa shape index (κ3) is 3.29. The first-order valence-corrected chi connectivity index (χ1v) is 6.21. The number of pyridine rings is 1. The van der Waals surface area contributed by atoms with Crippen molar-refractivity contribution in [3.8, 4) is 11.6 Å². The van der Waals surface area contributed by atoms with Gasteiger partial charge in [0.1, 0.15) is 17.4 Å². The average Bonchev–Trinajstić information content (AvgIpc) is 2.33. The van der Waals surface area contributed by atoms with Crippen LogP contribution < -0.4 is 10.5 Å². The first-order chi connectivity index (χ1) is 8.95. The normalized spacial score (nSPS) is 10.3. The molecule has 2 aromatic rings. The number of hydrogen-bond acceptors (Lipinski definition) is 3. The number of nitrogen functional groups attached to an aromatic ring is 1. The second kappa shape index (κ2) is 5.36. The molecule has 0 aliphatic carbocycles. The highest BCUT2D eigenvalue weighted by Gasteiger charge is 2.06. The monoisotopic (exact) mass is 323 g/mol. The Balaban J connectivity index is 2.32. The van der Waals surface area contributed by atoms with E-state index >= 15 is 0 Å². The number of aromatic nitrogens is 1.